The lowest BCUT2D eigenvalue weighted by molar-refractivity contribution is -0.125. The molecule has 36 heavy (non-hydrogen) atoms. The molecular weight excluding hydrogens is 463 g/mol. The van der Waals surface area contributed by atoms with Gasteiger partial charge in [-0.25, -0.2) is 4.39 Å². The molecule has 4 rings (SSSR count). The minimum absolute atomic E-state index is 0.170. The van der Waals surface area contributed by atoms with Gasteiger partial charge in [0, 0.05) is 12.1 Å². The van der Waals surface area contributed by atoms with Crippen molar-refractivity contribution in [2.75, 3.05) is 24.7 Å². The van der Waals surface area contributed by atoms with Crippen LogP contribution in [-0.2, 0) is 16.1 Å². The first-order valence-electron chi connectivity index (χ1n) is 11.5. The summed E-state index contributed by atoms with van der Waals surface area (Å²) in [5.41, 5.74) is 4.40. The third kappa shape index (κ3) is 5.54. The molecule has 0 unspecified atom stereocenters. The normalized spacial score (nSPS) is 12.6. The maximum Gasteiger partial charge on any atom is 0.265 e. The number of ether oxygens (including phenoxy) is 2. The highest BCUT2D eigenvalue weighted by Crippen LogP contribution is 2.33. The van der Waals surface area contributed by atoms with E-state index in [-0.39, 0.29) is 37.9 Å². The number of fused-ring (bicyclic) bond motifs is 1. The number of nitrogens with zero attached hydrogens (tertiary/aromatic N) is 1. The summed E-state index contributed by atoms with van der Waals surface area (Å²) in [6, 6.07) is 14.5. The minimum atomic E-state index is -0.397. The molecule has 7 nitrogen and oxygen atoms in total. The maximum atomic E-state index is 13.1. The topological polar surface area (TPSA) is 84.9 Å². The zero-order valence-electron chi connectivity index (χ0n) is 20.4. The quantitative estimate of drug-likeness (QED) is 0.482. The van der Waals surface area contributed by atoms with Gasteiger partial charge in [0.05, 0.1) is 5.69 Å². The van der Waals surface area contributed by atoms with E-state index in [1.807, 2.05) is 32.9 Å². The first-order valence-corrected chi connectivity index (χ1v) is 11.5. The molecule has 0 bridgehead atoms. The van der Waals surface area contributed by atoms with E-state index >= 15 is 0 Å². The SMILES string of the molecule is Cc1ccc(C)c(OCC(=O)c2ccc3c(c2)N(CC(=O)NCc2ccc(F)cc2)C(=O)CO3)c1C. The van der Waals surface area contributed by atoms with E-state index in [0.717, 1.165) is 22.3 Å². The van der Waals surface area contributed by atoms with Gasteiger partial charge in [0.1, 0.15) is 23.9 Å². The van der Waals surface area contributed by atoms with Crippen LogP contribution in [0.3, 0.4) is 0 Å². The maximum absolute atomic E-state index is 13.1. The van der Waals surface area contributed by atoms with Crippen LogP contribution in [0.15, 0.2) is 54.6 Å². The number of aryl methyl sites for hydroxylation is 2. The lowest BCUT2D eigenvalue weighted by Gasteiger charge is -2.29. The van der Waals surface area contributed by atoms with E-state index in [1.165, 1.54) is 17.0 Å². The molecule has 0 aromatic heterocycles. The smallest absolute Gasteiger partial charge is 0.265 e. The Kier molecular flexibility index (Phi) is 7.33. The molecule has 1 aliphatic rings. The minimum Gasteiger partial charge on any atom is -0.485 e. The summed E-state index contributed by atoms with van der Waals surface area (Å²) in [4.78, 5) is 39.4. The van der Waals surface area contributed by atoms with Crippen molar-refractivity contribution in [3.8, 4) is 11.5 Å². The van der Waals surface area contributed by atoms with E-state index in [2.05, 4.69) is 5.32 Å². The molecule has 0 spiro atoms. The molecule has 0 radical (unpaired) electrons. The van der Waals surface area contributed by atoms with Crippen molar-refractivity contribution in [3.05, 3.63) is 88.2 Å². The van der Waals surface area contributed by atoms with Crippen molar-refractivity contribution >= 4 is 23.3 Å². The molecule has 3 aromatic rings. The zero-order valence-corrected chi connectivity index (χ0v) is 20.4. The molecule has 0 atom stereocenters. The number of carbonyl (C=O) groups is 3. The van der Waals surface area contributed by atoms with E-state index in [9.17, 15) is 18.8 Å². The Balaban J connectivity index is 1.45. The number of carbonyl (C=O) groups excluding carboxylic acids is 3. The molecule has 1 aliphatic heterocycles. The van der Waals surface area contributed by atoms with Gasteiger partial charge in [-0.15, -0.1) is 0 Å². The third-order valence-electron chi connectivity index (χ3n) is 6.15. The van der Waals surface area contributed by atoms with Crippen molar-refractivity contribution in [3.63, 3.8) is 0 Å². The van der Waals surface area contributed by atoms with Gasteiger partial charge in [-0.3, -0.25) is 19.3 Å². The van der Waals surface area contributed by atoms with Crippen LogP contribution in [-0.4, -0.2) is 37.4 Å². The highest BCUT2D eigenvalue weighted by Gasteiger charge is 2.28. The van der Waals surface area contributed by atoms with Crippen LogP contribution >= 0.6 is 0 Å². The van der Waals surface area contributed by atoms with Crippen LogP contribution in [0, 0.1) is 26.6 Å². The Morgan fingerprint density at radius 1 is 1.03 bits per heavy atom. The Bertz CT molecular complexity index is 1320. The predicted octanol–water partition coefficient (Wildman–Crippen LogP) is 4.05. The predicted molar refractivity (Wildman–Crippen MR) is 133 cm³/mol. The lowest BCUT2D eigenvalue weighted by atomic mass is 10.1. The second-order valence-electron chi connectivity index (χ2n) is 8.72. The third-order valence-corrected chi connectivity index (χ3v) is 6.15. The average Bonchev–Trinajstić information content (AvgIpc) is 2.87. The number of hydrogen-bond acceptors (Lipinski definition) is 5. The summed E-state index contributed by atoms with van der Waals surface area (Å²) in [6.07, 6.45) is 0. The molecule has 0 saturated heterocycles. The Labute approximate surface area is 208 Å². The number of halogens is 1. The molecule has 2 amide bonds. The van der Waals surface area contributed by atoms with E-state index < -0.39 is 11.8 Å². The first-order chi connectivity index (χ1) is 17.2. The van der Waals surface area contributed by atoms with Crippen LogP contribution in [0.25, 0.3) is 0 Å². The van der Waals surface area contributed by atoms with Gasteiger partial charge in [0.2, 0.25) is 5.91 Å². The highest BCUT2D eigenvalue weighted by molar-refractivity contribution is 6.04. The van der Waals surface area contributed by atoms with E-state index in [4.69, 9.17) is 9.47 Å². The second-order valence-corrected chi connectivity index (χ2v) is 8.72. The van der Waals surface area contributed by atoms with Gasteiger partial charge < -0.3 is 14.8 Å². The molecule has 3 aromatic carbocycles. The van der Waals surface area contributed by atoms with Gasteiger partial charge in [-0.2, -0.15) is 0 Å². The Morgan fingerprint density at radius 2 is 1.75 bits per heavy atom. The number of hydrogen-bond donors (Lipinski definition) is 1. The fraction of sp³-hybridized carbons (Fsp3) is 0.250. The summed E-state index contributed by atoms with van der Waals surface area (Å²) < 4.78 is 24.4. The Hall–Kier alpha value is -4.20. The summed E-state index contributed by atoms with van der Waals surface area (Å²) >= 11 is 0. The van der Waals surface area contributed by atoms with Crippen molar-refractivity contribution in [2.24, 2.45) is 0 Å². The van der Waals surface area contributed by atoms with Crippen LogP contribution in [0.2, 0.25) is 0 Å². The summed E-state index contributed by atoms with van der Waals surface area (Å²) in [5, 5.41) is 2.72. The van der Waals surface area contributed by atoms with Crippen LogP contribution in [0.5, 0.6) is 11.5 Å². The van der Waals surface area contributed by atoms with Crippen molar-refractivity contribution < 1.29 is 28.2 Å². The van der Waals surface area contributed by atoms with Crippen molar-refractivity contribution in [2.45, 2.75) is 27.3 Å². The molecule has 8 heteroatoms. The number of anilines is 1. The molecule has 186 valence electrons. The number of ketones is 1. The Morgan fingerprint density at radius 3 is 2.50 bits per heavy atom. The van der Waals surface area contributed by atoms with Crippen LogP contribution in [0.4, 0.5) is 10.1 Å². The molecule has 0 fully saturated rings. The van der Waals surface area contributed by atoms with Crippen molar-refractivity contribution in [1.29, 1.82) is 0 Å². The van der Waals surface area contributed by atoms with Gasteiger partial charge in [-0.05, 0) is 73.4 Å². The fourth-order valence-corrected chi connectivity index (χ4v) is 3.92. The van der Waals surface area contributed by atoms with Crippen LogP contribution < -0.4 is 19.7 Å². The monoisotopic (exact) mass is 490 g/mol. The van der Waals surface area contributed by atoms with Gasteiger partial charge in [0.15, 0.2) is 19.0 Å². The lowest BCUT2D eigenvalue weighted by Crippen LogP contribution is -2.45. The second kappa shape index (κ2) is 10.6. The first kappa shape index (κ1) is 24.9. The number of Topliss-reactive ketones (excluding diaryl/α,β-unsaturated/α-hetero) is 1. The van der Waals surface area contributed by atoms with E-state index in [1.54, 1.807) is 30.3 Å². The largest absolute Gasteiger partial charge is 0.485 e. The molecule has 0 aliphatic carbocycles. The number of rotatable bonds is 8. The number of benzene rings is 3. The number of amides is 2. The van der Waals surface area contributed by atoms with E-state index in [0.29, 0.717) is 22.7 Å². The molecule has 1 heterocycles. The van der Waals surface area contributed by atoms with Gasteiger partial charge in [-0.1, -0.05) is 24.3 Å². The highest BCUT2D eigenvalue weighted by atomic mass is 19.1. The summed E-state index contributed by atoms with van der Waals surface area (Å²) in [7, 11) is 0. The summed E-state index contributed by atoms with van der Waals surface area (Å²) in [6.45, 7) is 5.42. The molecule has 1 N–H and O–H groups in total. The summed E-state index contributed by atoms with van der Waals surface area (Å²) in [5.74, 6) is -0.335. The fourth-order valence-electron chi connectivity index (χ4n) is 3.92. The average molecular weight is 491 g/mol. The molecule has 0 saturated carbocycles. The standard InChI is InChI=1S/C28H27FN2O5/c1-17-4-5-18(2)28(19(17)3)36-15-24(32)21-8-11-25-23(12-21)31(27(34)16-35-25)14-26(33)30-13-20-6-9-22(29)10-7-20/h4-12H,13-16H2,1-3H3,(H,30,33). The van der Waals surface area contributed by atoms with Crippen LogP contribution in [0.1, 0.15) is 32.6 Å². The molecular formula is C28H27FN2O5. The van der Waals surface area contributed by atoms with Gasteiger partial charge in [0.25, 0.3) is 5.91 Å². The number of nitrogens with one attached hydrogen (secondary N) is 1. The zero-order chi connectivity index (χ0) is 25.8. The van der Waals surface area contributed by atoms with Crippen molar-refractivity contribution in [1.82, 2.24) is 5.32 Å². The van der Waals surface area contributed by atoms with Gasteiger partial charge >= 0.3 is 0 Å².